The van der Waals surface area contributed by atoms with Crippen LogP contribution in [0.25, 0.3) is 21.3 Å². The molecule has 0 unspecified atom stereocenters. The second-order valence-corrected chi connectivity index (χ2v) is 5.03. The minimum Gasteiger partial charge on any atom is -0.395 e. The summed E-state index contributed by atoms with van der Waals surface area (Å²) in [6.07, 6.45) is 1.78. The molecule has 0 bridgehead atoms. The van der Waals surface area contributed by atoms with E-state index in [1.54, 1.807) is 17.7 Å². The van der Waals surface area contributed by atoms with Gasteiger partial charge in [-0.1, -0.05) is 0 Å². The van der Waals surface area contributed by atoms with Crippen molar-refractivity contribution in [3.8, 4) is 0 Å². The monoisotopic (exact) mass is 247 g/mol. The Morgan fingerprint density at radius 1 is 1.35 bits per heavy atom. The molecule has 0 aliphatic carbocycles. The number of imidazole rings is 1. The number of aryl methyl sites for hydroxylation is 2. The molecule has 0 aliphatic rings. The number of nitrogens with zero attached hydrogens (tertiary/aromatic N) is 3. The van der Waals surface area contributed by atoms with Crippen molar-refractivity contribution in [1.82, 2.24) is 14.5 Å². The third-order valence-electron chi connectivity index (χ3n) is 2.96. The van der Waals surface area contributed by atoms with Gasteiger partial charge in [-0.05, 0) is 24.8 Å². The highest BCUT2D eigenvalue weighted by molar-refractivity contribution is 7.18. The van der Waals surface area contributed by atoms with Gasteiger partial charge in [0.15, 0.2) is 0 Å². The van der Waals surface area contributed by atoms with Crippen LogP contribution in [0.4, 0.5) is 0 Å². The summed E-state index contributed by atoms with van der Waals surface area (Å²) in [6, 6.07) is 0. The zero-order chi connectivity index (χ0) is 12.0. The Balaban J connectivity index is 2.47. The van der Waals surface area contributed by atoms with Gasteiger partial charge in [0.05, 0.1) is 34.4 Å². The summed E-state index contributed by atoms with van der Waals surface area (Å²) in [5.41, 5.74) is 5.24. The molecule has 0 atom stereocenters. The fraction of sp³-hybridized carbons (Fsp3) is 0.333. The van der Waals surface area contributed by atoms with Crippen molar-refractivity contribution in [3.05, 3.63) is 23.0 Å². The Labute approximate surface area is 103 Å². The van der Waals surface area contributed by atoms with Gasteiger partial charge in [-0.2, -0.15) is 0 Å². The minimum absolute atomic E-state index is 0.124. The van der Waals surface area contributed by atoms with Crippen LogP contribution in [0.2, 0.25) is 0 Å². The minimum atomic E-state index is 0.124. The molecule has 3 heterocycles. The smallest absolute Gasteiger partial charge is 0.111 e. The van der Waals surface area contributed by atoms with E-state index in [-0.39, 0.29) is 6.61 Å². The molecule has 0 aromatic carbocycles. The molecule has 0 saturated heterocycles. The van der Waals surface area contributed by atoms with Gasteiger partial charge in [0.2, 0.25) is 0 Å². The van der Waals surface area contributed by atoms with Crippen LogP contribution in [-0.4, -0.2) is 26.2 Å². The standard InChI is InChI=1S/C12H13N3OS/c1-7-5-17-12-9(7)14-8(2)10-11(12)15(3-4-16)6-13-10/h5-6,16H,3-4H2,1-2H3. The van der Waals surface area contributed by atoms with Gasteiger partial charge in [0.25, 0.3) is 0 Å². The summed E-state index contributed by atoms with van der Waals surface area (Å²) in [6.45, 7) is 4.75. The van der Waals surface area contributed by atoms with Crippen molar-refractivity contribution in [2.45, 2.75) is 20.4 Å². The predicted octanol–water partition coefficient (Wildman–Crippen LogP) is 2.26. The molecule has 3 aromatic heterocycles. The highest BCUT2D eigenvalue weighted by Gasteiger charge is 2.13. The lowest BCUT2D eigenvalue weighted by Crippen LogP contribution is -2.00. The van der Waals surface area contributed by atoms with Crippen LogP contribution in [0.15, 0.2) is 11.7 Å². The van der Waals surface area contributed by atoms with Gasteiger partial charge in [-0.15, -0.1) is 11.3 Å². The predicted molar refractivity (Wildman–Crippen MR) is 69.5 cm³/mol. The molecule has 3 aromatic rings. The van der Waals surface area contributed by atoms with Gasteiger partial charge in [-0.3, -0.25) is 0 Å². The molecule has 0 radical (unpaired) electrons. The first-order chi connectivity index (χ1) is 8.22. The number of hydrogen-bond donors (Lipinski definition) is 1. The molecule has 1 N–H and O–H groups in total. The Morgan fingerprint density at radius 3 is 2.94 bits per heavy atom. The first kappa shape index (κ1) is 10.7. The number of hydrogen-bond acceptors (Lipinski definition) is 4. The highest BCUT2D eigenvalue weighted by atomic mass is 32.1. The van der Waals surface area contributed by atoms with Crippen LogP contribution in [0.5, 0.6) is 0 Å². The maximum absolute atomic E-state index is 9.08. The van der Waals surface area contributed by atoms with Crippen LogP contribution < -0.4 is 0 Å². The zero-order valence-corrected chi connectivity index (χ0v) is 10.6. The molecule has 0 saturated carbocycles. The van der Waals surface area contributed by atoms with Crippen molar-refractivity contribution >= 4 is 32.6 Å². The molecule has 0 amide bonds. The Kier molecular flexibility index (Phi) is 2.38. The number of fused-ring (bicyclic) bond motifs is 3. The Morgan fingerprint density at radius 2 is 2.18 bits per heavy atom. The summed E-state index contributed by atoms with van der Waals surface area (Å²) >= 11 is 1.69. The van der Waals surface area contributed by atoms with E-state index in [4.69, 9.17) is 5.11 Å². The third kappa shape index (κ3) is 1.46. The van der Waals surface area contributed by atoms with Gasteiger partial charge in [0.1, 0.15) is 5.52 Å². The Hall–Kier alpha value is -1.46. The molecule has 0 aliphatic heterocycles. The summed E-state index contributed by atoms with van der Waals surface area (Å²) in [7, 11) is 0. The van der Waals surface area contributed by atoms with Crippen molar-refractivity contribution in [2.75, 3.05) is 6.61 Å². The third-order valence-corrected chi connectivity index (χ3v) is 4.05. The lowest BCUT2D eigenvalue weighted by molar-refractivity contribution is 0.278. The van der Waals surface area contributed by atoms with Gasteiger partial charge < -0.3 is 9.67 Å². The quantitative estimate of drug-likeness (QED) is 0.755. The number of aromatic nitrogens is 3. The van der Waals surface area contributed by atoms with Crippen LogP contribution >= 0.6 is 11.3 Å². The maximum atomic E-state index is 9.08. The van der Waals surface area contributed by atoms with Crippen molar-refractivity contribution in [1.29, 1.82) is 0 Å². The average molecular weight is 247 g/mol. The van der Waals surface area contributed by atoms with Crippen LogP contribution in [0, 0.1) is 13.8 Å². The summed E-state index contributed by atoms with van der Waals surface area (Å²) in [5.74, 6) is 0. The lowest BCUT2D eigenvalue weighted by Gasteiger charge is -2.03. The maximum Gasteiger partial charge on any atom is 0.111 e. The van der Waals surface area contributed by atoms with Crippen molar-refractivity contribution in [3.63, 3.8) is 0 Å². The van der Waals surface area contributed by atoms with Crippen molar-refractivity contribution in [2.24, 2.45) is 0 Å². The van der Waals surface area contributed by atoms with Crippen LogP contribution in [0.1, 0.15) is 11.3 Å². The zero-order valence-electron chi connectivity index (χ0n) is 9.77. The second kappa shape index (κ2) is 3.78. The topological polar surface area (TPSA) is 50.9 Å². The van der Waals surface area contributed by atoms with Crippen molar-refractivity contribution < 1.29 is 5.11 Å². The molecule has 88 valence electrons. The number of rotatable bonds is 2. The molecule has 3 rings (SSSR count). The molecule has 0 fully saturated rings. The first-order valence-electron chi connectivity index (χ1n) is 5.52. The number of aliphatic hydroxyl groups excluding tert-OH is 1. The highest BCUT2D eigenvalue weighted by Crippen LogP contribution is 2.31. The molecular formula is C12H13N3OS. The SMILES string of the molecule is Cc1csc2c1nc(C)c1ncn(CCO)c12. The number of thiophene rings is 1. The van der Waals surface area contributed by atoms with E-state index < -0.39 is 0 Å². The van der Waals surface area contributed by atoms with E-state index in [0.29, 0.717) is 6.54 Å². The van der Waals surface area contributed by atoms with E-state index in [2.05, 4.69) is 22.3 Å². The number of pyridine rings is 1. The molecule has 5 heteroatoms. The van der Waals surface area contributed by atoms with Crippen LogP contribution in [-0.2, 0) is 6.54 Å². The molecule has 4 nitrogen and oxygen atoms in total. The summed E-state index contributed by atoms with van der Waals surface area (Å²) in [4.78, 5) is 9.00. The van der Waals surface area contributed by atoms with E-state index in [9.17, 15) is 0 Å². The number of aliphatic hydroxyl groups is 1. The fourth-order valence-corrected chi connectivity index (χ4v) is 3.18. The van der Waals surface area contributed by atoms with E-state index in [1.807, 2.05) is 11.5 Å². The largest absolute Gasteiger partial charge is 0.395 e. The van der Waals surface area contributed by atoms with E-state index in [0.717, 1.165) is 26.9 Å². The summed E-state index contributed by atoms with van der Waals surface area (Å²) in [5, 5.41) is 11.2. The van der Waals surface area contributed by atoms with Gasteiger partial charge >= 0.3 is 0 Å². The second-order valence-electron chi connectivity index (χ2n) is 4.15. The molecule has 17 heavy (non-hydrogen) atoms. The van der Waals surface area contributed by atoms with E-state index >= 15 is 0 Å². The van der Waals surface area contributed by atoms with Gasteiger partial charge in [0, 0.05) is 6.54 Å². The lowest BCUT2D eigenvalue weighted by atomic mass is 10.2. The molecular weight excluding hydrogens is 234 g/mol. The fourth-order valence-electron chi connectivity index (χ4n) is 2.13. The normalized spacial score (nSPS) is 11.7. The summed E-state index contributed by atoms with van der Waals surface area (Å²) < 4.78 is 3.16. The average Bonchev–Trinajstić information content (AvgIpc) is 2.86. The first-order valence-corrected chi connectivity index (χ1v) is 6.40. The van der Waals surface area contributed by atoms with Crippen LogP contribution in [0.3, 0.4) is 0 Å². The van der Waals surface area contributed by atoms with Gasteiger partial charge in [-0.25, -0.2) is 9.97 Å². The molecule has 0 spiro atoms. The Bertz CT molecular complexity index is 698. The van der Waals surface area contributed by atoms with E-state index in [1.165, 1.54) is 5.56 Å².